The molecule has 1 aromatic carbocycles. The Labute approximate surface area is 119 Å². The molecule has 1 aliphatic heterocycles. The second-order valence-electron chi connectivity index (χ2n) is 5.52. The highest BCUT2D eigenvalue weighted by Crippen LogP contribution is 2.31. The first kappa shape index (κ1) is 13.3. The Bertz CT molecular complexity index is 604. The molecule has 2 aromatic rings. The smallest absolute Gasteiger partial charge is 0.0726 e. The first-order valence-electron chi connectivity index (χ1n) is 7.16. The summed E-state index contributed by atoms with van der Waals surface area (Å²) in [6.07, 6.45) is 2.37. The largest absolute Gasteiger partial charge is 0.372 e. The molecular formula is C16H21N3O. The fourth-order valence-electron chi connectivity index (χ4n) is 3.05. The molecule has 2 heterocycles. The third kappa shape index (κ3) is 2.37. The molecule has 1 aromatic heterocycles. The van der Waals surface area contributed by atoms with Crippen molar-refractivity contribution in [2.45, 2.75) is 32.6 Å². The molecule has 106 valence electrons. The van der Waals surface area contributed by atoms with Crippen LogP contribution in [0.25, 0.3) is 10.9 Å². The van der Waals surface area contributed by atoms with E-state index in [1.54, 1.807) is 0 Å². The molecule has 1 fully saturated rings. The number of morpholine rings is 1. The molecule has 1 saturated heterocycles. The van der Waals surface area contributed by atoms with E-state index in [4.69, 9.17) is 10.5 Å². The second-order valence-corrected chi connectivity index (χ2v) is 5.52. The highest BCUT2D eigenvalue weighted by molar-refractivity contribution is 5.93. The molecular weight excluding hydrogens is 250 g/mol. The Morgan fingerprint density at radius 2 is 1.95 bits per heavy atom. The topological polar surface area (TPSA) is 51.4 Å². The molecule has 0 bridgehead atoms. The fraction of sp³-hybridized carbons (Fsp3) is 0.438. The number of rotatable bonds is 2. The molecule has 0 spiro atoms. The fourth-order valence-corrected chi connectivity index (χ4v) is 3.05. The highest BCUT2D eigenvalue weighted by atomic mass is 16.5. The van der Waals surface area contributed by atoms with Crippen molar-refractivity contribution in [3.05, 3.63) is 36.0 Å². The van der Waals surface area contributed by atoms with Gasteiger partial charge in [0.2, 0.25) is 0 Å². The SMILES string of the molecule is CC1CN(c2c(CN)cnc3ccccc23)CC(C)O1. The van der Waals surface area contributed by atoms with Gasteiger partial charge >= 0.3 is 0 Å². The Kier molecular flexibility index (Phi) is 3.59. The van der Waals surface area contributed by atoms with E-state index in [0.717, 1.165) is 24.2 Å². The third-order valence-corrected chi connectivity index (χ3v) is 3.78. The zero-order valence-corrected chi connectivity index (χ0v) is 12.0. The quantitative estimate of drug-likeness (QED) is 0.910. The van der Waals surface area contributed by atoms with Gasteiger partial charge in [0.15, 0.2) is 0 Å². The zero-order valence-electron chi connectivity index (χ0n) is 12.0. The summed E-state index contributed by atoms with van der Waals surface area (Å²) >= 11 is 0. The number of para-hydroxylation sites is 1. The van der Waals surface area contributed by atoms with Gasteiger partial charge in [0.05, 0.1) is 23.4 Å². The molecule has 0 amide bonds. The zero-order chi connectivity index (χ0) is 14.1. The molecule has 2 atom stereocenters. The van der Waals surface area contributed by atoms with Crippen LogP contribution >= 0.6 is 0 Å². The van der Waals surface area contributed by atoms with E-state index >= 15 is 0 Å². The number of benzene rings is 1. The van der Waals surface area contributed by atoms with Crippen LogP contribution in [0, 0.1) is 0 Å². The van der Waals surface area contributed by atoms with Crippen LogP contribution in [0.15, 0.2) is 30.5 Å². The number of anilines is 1. The van der Waals surface area contributed by atoms with Gasteiger partial charge in [0, 0.05) is 36.8 Å². The van der Waals surface area contributed by atoms with Crippen LogP contribution in [-0.4, -0.2) is 30.3 Å². The average molecular weight is 271 g/mol. The minimum Gasteiger partial charge on any atom is -0.372 e. The number of nitrogens with two attached hydrogens (primary N) is 1. The van der Waals surface area contributed by atoms with E-state index < -0.39 is 0 Å². The molecule has 2 N–H and O–H groups in total. The normalized spacial score (nSPS) is 23.2. The van der Waals surface area contributed by atoms with E-state index in [1.807, 2.05) is 18.3 Å². The maximum absolute atomic E-state index is 5.92. The molecule has 0 aliphatic carbocycles. The highest BCUT2D eigenvalue weighted by Gasteiger charge is 2.25. The maximum Gasteiger partial charge on any atom is 0.0726 e. The van der Waals surface area contributed by atoms with Crippen LogP contribution in [0.1, 0.15) is 19.4 Å². The van der Waals surface area contributed by atoms with Crippen molar-refractivity contribution in [3.63, 3.8) is 0 Å². The van der Waals surface area contributed by atoms with Gasteiger partial charge in [-0.3, -0.25) is 4.98 Å². The summed E-state index contributed by atoms with van der Waals surface area (Å²) in [5, 5.41) is 1.18. The number of aromatic nitrogens is 1. The van der Waals surface area contributed by atoms with Crippen molar-refractivity contribution >= 4 is 16.6 Å². The number of hydrogen-bond acceptors (Lipinski definition) is 4. The van der Waals surface area contributed by atoms with Gasteiger partial charge in [-0.05, 0) is 19.9 Å². The molecule has 20 heavy (non-hydrogen) atoms. The van der Waals surface area contributed by atoms with Gasteiger partial charge in [0.25, 0.3) is 0 Å². The van der Waals surface area contributed by atoms with E-state index in [2.05, 4.69) is 35.9 Å². The van der Waals surface area contributed by atoms with Crippen LogP contribution in [0.2, 0.25) is 0 Å². The number of pyridine rings is 1. The minimum absolute atomic E-state index is 0.233. The van der Waals surface area contributed by atoms with Crippen LogP contribution in [0.4, 0.5) is 5.69 Å². The lowest BCUT2D eigenvalue weighted by Gasteiger charge is -2.38. The third-order valence-electron chi connectivity index (χ3n) is 3.78. The average Bonchev–Trinajstić information content (AvgIpc) is 2.45. The van der Waals surface area contributed by atoms with Gasteiger partial charge in [-0.1, -0.05) is 18.2 Å². The second kappa shape index (κ2) is 5.38. The number of hydrogen-bond donors (Lipinski definition) is 1. The maximum atomic E-state index is 5.92. The minimum atomic E-state index is 0.233. The molecule has 0 radical (unpaired) electrons. The summed E-state index contributed by atoms with van der Waals surface area (Å²) in [6, 6.07) is 8.25. The lowest BCUT2D eigenvalue weighted by atomic mass is 10.1. The first-order chi connectivity index (χ1) is 9.69. The van der Waals surface area contributed by atoms with Crippen molar-refractivity contribution < 1.29 is 4.74 Å². The summed E-state index contributed by atoms with van der Waals surface area (Å²) in [5.41, 5.74) is 9.26. The van der Waals surface area contributed by atoms with E-state index in [-0.39, 0.29) is 12.2 Å². The Balaban J connectivity index is 2.12. The predicted molar refractivity (Wildman–Crippen MR) is 81.9 cm³/mol. The lowest BCUT2D eigenvalue weighted by Crippen LogP contribution is -2.46. The monoisotopic (exact) mass is 271 g/mol. The van der Waals surface area contributed by atoms with Gasteiger partial charge in [0.1, 0.15) is 0 Å². The first-order valence-corrected chi connectivity index (χ1v) is 7.16. The number of fused-ring (bicyclic) bond motifs is 1. The Hall–Kier alpha value is -1.65. The van der Waals surface area contributed by atoms with Crippen LogP contribution in [-0.2, 0) is 11.3 Å². The van der Waals surface area contributed by atoms with E-state index in [9.17, 15) is 0 Å². The summed E-state index contributed by atoms with van der Waals surface area (Å²) < 4.78 is 5.83. The number of nitrogens with zero attached hydrogens (tertiary/aromatic N) is 2. The van der Waals surface area contributed by atoms with Gasteiger partial charge in [-0.25, -0.2) is 0 Å². The lowest BCUT2D eigenvalue weighted by molar-refractivity contribution is -0.00517. The van der Waals surface area contributed by atoms with Crippen molar-refractivity contribution in [2.24, 2.45) is 5.73 Å². The molecule has 3 rings (SSSR count). The molecule has 0 saturated carbocycles. The van der Waals surface area contributed by atoms with E-state index in [1.165, 1.54) is 11.1 Å². The Morgan fingerprint density at radius 1 is 1.25 bits per heavy atom. The standard InChI is InChI=1S/C16H21N3O/c1-11-9-19(10-12(2)20-11)16-13(7-17)8-18-15-6-4-3-5-14(15)16/h3-6,8,11-12H,7,9-10,17H2,1-2H3. The Morgan fingerprint density at radius 3 is 2.65 bits per heavy atom. The molecule has 4 nitrogen and oxygen atoms in total. The summed E-state index contributed by atoms with van der Waals surface area (Å²) in [7, 11) is 0. The molecule has 2 unspecified atom stereocenters. The van der Waals surface area contributed by atoms with Crippen molar-refractivity contribution in [3.8, 4) is 0 Å². The van der Waals surface area contributed by atoms with Crippen molar-refractivity contribution in [2.75, 3.05) is 18.0 Å². The number of ether oxygens (including phenoxy) is 1. The van der Waals surface area contributed by atoms with Gasteiger partial charge < -0.3 is 15.4 Å². The summed E-state index contributed by atoms with van der Waals surface area (Å²) in [6.45, 7) is 6.53. The predicted octanol–water partition coefficient (Wildman–Crippen LogP) is 2.31. The molecule has 1 aliphatic rings. The van der Waals surface area contributed by atoms with Crippen LogP contribution in [0.3, 0.4) is 0 Å². The summed E-state index contributed by atoms with van der Waals surface area (Å²) in [5.74, 6) is 0. The van der Waals surface area contributed by atoms with Crippen LogP contribution < -0.4 is 10.6 Å². The van der Waals surface area contributed by atoms with Crippen LogP contribution in [0.5, 0.6) is 0 Å². The summed E-state index contributed by atoms with van der Waals surface area (Å²) in [4.78, 5) is 6.90. The van der Waals surface area contributed by atoms with Gasteiger partial charge in [-0.2, -0.15) is 0 Å². The molecule has 4 heteroatoms. The van der Waals surface area contributed by atoms with E-state index in [0.29, 0.717) is 6.54 Å². The van der Waals surface area contributed by atoms with Crippen molar-refractivity contribution in [1.82, 2.24) is 4.98 Å². The van der Waals surface area contributed by atoms with Gasteiger partial charge in [-0.15, -0.1) is 0 Å². The van der Waals surface area contributed by atoms with Crippen molar-refractivity contribution in [1.29, 1.82) is 0 Å².